The average molecular weight is 589 g/mol. The molecular weight excluding hydrogens is 564 g/mol. The van der Waals surface area contributed by atoms with Gasteiger partial charge in [-0.25, -0.2) is 9.78 Å². The van der Waals surface area contributed by atoms with Crippen LogP contribution in [-0.2, 0) is 27.1 Å². The molecule has 0 radical (unpaired) electrons. The maximum atomic E-state index is 13.3. The van der Waals surface area contributed by atoms with Crippen LogP contribution in [0.3, 0.4) is 0 Å². The topological polar surface area (TPSA) is 122 Å². The fraction of sp³-hybridized carbons (Fsp3) is 0.267. The first-order valence-corrected chi connectivity index (χ1v) is 15.1. The van der Waals surface area contributed by atoms with Crippen LogP contribution in [0.2, 0.25) is 5.02 Å². The number of nitrogens with zero attached hydrogens (tertiary/aromatic N) is 3. The zero-order valence-corrected chi connectivity index (χ0v) is 24.1. The minimum absolute atomic E-state index is 0.0794. The number of nitriles is 2. The van der Waals surface area contributed by atoms with Crippen LogP contribution in [0.5, 0.6) is 0 Å². The van der Waals surface area contributed by atoms with Crippen LogP contribution in [-0.4, -0.2) is 23.3 Å². The Bertz CT molecular complexity index is 1600. The Morgan fingerprint density at radius 3 is 2.67 bits per heavy atom. The first kappa shape index (κ1) is 27.8. The second-order valence-corrected chi connectivity index (χ2v) is 11.6. The number of halogens is 1. The summed E-state index contributed by atoms with van der Waals surface area (Å²) in [5.41, 5.74) is 10.8. The molecule has 0 saturated heterocycles. The maximum absolute atomic E-state index is 13.3. The van der Waals surface area contributed by atoms with Crippen LogP contribution < -0.4 is 5.73 Å². The zero-order valence-electron chi connectivity index (χ0n) is 21.7. The summed E-state index contributed by atoms with van der Waals surface area (Å²) in [5.74, 6) is -1.05. The van der Waals surface area contributed by atoms with Gasteiger partial charge in [-0.2, -0.15) is 10.5 Å². The van der Waals surface area contributed by atoms with E-state index in [0.29, 0.717) is 21.2 Å². The summed E-state index contributed by atoms with van der Waals surface area (Å²) in [4.78, 5) is 19.3. The summed E-state index contributed by atoms with van der Waals surface area (Å²) in [5, 5.41) is 23.3. The highest BCUT2D eigenvalue weighted by atomic mass is 35.5. The van der Waals surface area contributed by atoms with E-state index in [4.69, 9.17) is 31.8 Å². The number of rotatable bonds is 7. The van der Waals surface area contributed by atoms with Crippen LogP contribution in [0.25, 0.3) is 10.4 Å². The molecule has 2 aliphatic rings. The van der Waals surface area contributed by atoms with Gasteiger partial charge in [0, 0.05) is 21.2 Å². The Labute approximate surface area is 245 Å². The third-order valence-electron chi connectivity index (χ3n) is 6.86. The van der Waals surface area contributed by atoms with Crippen LogP contribution in [0.4, 0.5) is 0 Å². The van der Waals surface area contributed by atoms with Crippen LogP contribution >= 0.6 is 34.7 Å². The lowest BCUT2D eigenvalue weighted by atomic mass is 9.83. The molecule has 7 nitrogen and oxygen atoms in total. The number of nitrogens with two attached hydrogens (primary N) is 1. The predicted molar refractivity (Wildman–Crippen MR) is 155 cm³/mol. The highest BCUT2D eigenvalue weighted by Gasteiger charge is 2.38. The molecule has 2 aromatic heterocycles. The molecule has 1 unspecified atom stereocenters. The Hall–Kier alpha value is -3.76. The summed E-state index contributed by atoms with van der Waals surface area (Å²) in [6, 6.07) is 15.4. The van der Waals surface area contributed by atoms with E-state index in [0.717, 1.165) is 47.4 Å². The molecule has 0 spiro atoms. The summed E-state index contributed by atoms with van der Waals surface area (Å²) in [6.07, 6.45) is 3.84. The first-order chi connectivity index (χ1) is 19.5. The van der Waals surface area contributed by atoms with Crippen molar-refractivity contribution in [2.24, 2.45) is 5.73 Å². The first-order valence-electron chi connectivity index (χ1n) is 12.8. The number of esters is 1. The number of aromatic nitrogens is 1. The van der Waals surface area contributed by atoms with Crippen LogP contribution in [0.1, 0.15) is 48.1 Å². The molecule has 1 aliphatic carbocycles. The number of aryl methyl sites for hydroxylation is 1. The molecule has 0 fully saturated rings. The Morgan fingerprint density at radius 2 is 2.00 bits per heavy atom. The lowest BCUT2D eigenvalue weighted by Crippen LogP contribution is -2.27. The molecule has 5 rings (SSSR count). The van der Waals surface area contributed by atoms with Crippen LogP contribution in [0.15, 0.2) is 69.6 Å². The molecule has 3 heterocycles. The fourth-order valence-electron chi connectivity index (χ4n) is 5.10. The summed E-state index contributed by atoms with van der Waals surface area (Å²) >= 11 is 9.02. The van der Waals surface area contributed by atoms with Crippen molar-refractivity contribution in [1.29, 1.82) is 10.5 Å². The van der Waals surface area contributed by atoms with E-state index in [1.807, 2.05) is 17.5 Å². The quantitative estimate of drug-likeness (QED) is 0.241. The molecule has 0 amide bonds. The number of ether oxygens (including phenoxy) is 2. The SMILES string of the molecule is CCOC(=O)C1=C(CSc2nc3c(c(-c4cccs4)c2C#N)CCCC3)OC(N)=C(C#N)C1c1ccc(Cl)cc1. The Balaban J connectivity index is 1.60. The van der Waals surface area contributed by atoms with E-state index in [1.54, 1.807) is 42.5 Å². The van der Waals surface area contributed by atoms with Gasteiger partial charge in [-0.05, 0) is 67.3 Å². The number of allylic oxidation sites excluding steroid dienone is 1. The van der Waals surface area contributed by atoms with Crippen molar-refractivity contribution in [1.82, 2.24) is 4.98 Å². The number of thioether (sulfide) groups is 1. The van der Waals surface area contributed by atoms with Crippen molar-refractivity contribution in [2.75, 3.05) is 12.4 Å². The van der Waals surface area contributed by atoms with Gasteiger partial charge in [0.05, 0.1) is 29.4 Å². The zero-order chi connectivity index (χ0) is 28.2. The molecule has 202 valence electrons. The fourth-order valence-corrected chi connectivity index (χ4v) is 6.98. The van der Waals surface area contributed by atoms with Gasteiger partial charge in [0.25, 0.3) is 0 Å². The molecule has 3 aromatic rings. The summed E-state index contributed by atoms with van der Waals surface area (Å²) in [7, 11) is 0. The second kappa shape index (κ2) is 12.2. The molecule has 10 heteroatoms. The van der Waals surface area contributed by atoms with Crippen molar-refractivity contribution >= 4 is 40.7 Å². The lowest BCUT2D eigenvalue weighted by molar-refractivity contribution is -0.139. The molecule has 0 bridgehead atoms. The van der Waals surface area contributed by atoms with Gasteiger partial charge in [-0.3, -0.25) is 0 Å². The van der Waals surface area contributed by atoms with E-state index in [-0.39, 0.29) is 35.1 Å². The van der Waals surface area contributed by atoms with Gasteiger partial charge in [0.15, 0.2) is 0 Å². The van der Waals surface area contributed by atoms with E-state index >= 15 is 0 Å². The Kier molecular flexibility index (Phi) is 8.46. The van der Waals surface area contributed by atoms with Gasteiger partial charge in [-0.1, -0.05) is 41.6 Å². The van der Waals surface area contributed by atoms with Crippen molar-refractivity contribution in [3.63, 3.8) is 0 Å². The molecule has 0 saturated carbocycles. The van der Waals surface area contributed by atoms with E-state index in [9.17, 15) is 15.3 Å². The Morgan fingerprint density at radius 1 is 1.23 bits per heavy atom. The third-order valence-corrected chi connectivity index (χ3v) is 8.97. The summed E-state index contributed by atoms with van der Waals surface area (Å²) < 4.78 is 11.3. The largest absolute Gasteiger partial charge is 0.463 e. The van der Waals surface area contributed by atoms with Gasteiger partial charge < -0.3 is 15.2 Å². The third kappa shape index (κ3) is 5.33. The number of pyridine rings is 1. The van der Waals surface area contributed by atoms with Crippen molar-refractivity contribution in [3.8, 4) is 22.6 Å². The van der Waals surface area contributed by atoms with Gasteiger partial charge in [0.1, 0.15) is 28.5 Å². The number of carbonyl (C=O) groups excluding carboxylic acids is 1. The molecule has 2 N–H and O–H groups in total. The lowest BCUT2D eigenvalue weighted by Gasteiger charge is -2.28. The molecule has 1 aliphatic heterocycles. The van der Waals surface area contributed by atoms with Crippen molar-refractivity contribution in [3.05, 3.63) is 92.0 Å². The van der Waals surface area contributed by atoms with E-state index in [2.05, 4.69) is 12.1 Å². The monoisotopic (exact) mass is 588 g/mol. The number of hydrogen-bond donors (Lipinski definition) is 1. The molecule has 1 atom stereocenters. The average Bonchev–Trinajstić information content (AvgIpc) is 3.50. The van der Waals surface area contributed by atoms with Gasteiger partial charge in [-0.15, -0.1) is 11.3 Å². The smallest absolute Gasteiger partial charge is 0.338 e. The minimum atomic E-state index is -0.792. The second-order valence-electron chi connectivity index (χ2n) is 9.21. The highest BCUT2D eigenvalue weighted by Crippen LogP contribution is 2.43. The van der Waals surface area contributed by atoms with E-state index in [1.165, 1.54) is 11.8 Å². The molecular formula is C30H25ClN4O3S2. The standard InChI is InChI=1S/C30H25ClN4O3S2/c1-2-37-30(36)27-23(38-28(34)20(14-32)25(27)17-9-11-18(31)12-10-17)16-40-29-21(15-33)26(24-8-5-13-39-24)19-6-3-4-7-22(19)35-29/h5,8-13,25H,2-4,6-7,16,34H2,1H3. The number of thiophene rings is 1. The van der Waals surface area contributed by atoms with Gasteiger partial charge in [0.2, 0.25) is 5.88 Å². The van der Waals surface area contributed by atoms with Crippen molar-refractivity contribution < 1.29 is 14.3 Å². The minimum Gasteiger partial charge on any atom is -0.463 e. The summed E-state index contributed by atoms with van der Waals surface area (Å²) in [6.45, 7) is 1.86. The van der Waals surface area contributed by atoms with Crippen LogP contribution in [0, 0.1) is 22.7 Å². The normalized spacial score (nSPS) is 16.6. The van der Waals surface area contributed by atoms with Gasteiger partial charge >= 0.3 is 5.97 Å². The molecule has 40 heavy (non-hydrogen) atoms. The number of carbonyl (C=O) groups is 1. The van der Waals surface area contributed by atoms with E-state index < -0.39 is 11.9 Å². The predicted octanol–water partition coefficient (Wildman–Crippen LogP) is 6.63. The number of benzene rings is 1. The molecule has 1 aromatic carbocycles. The number of hydrogen-bond acceptors (Lipinski definition) is 9. The maximum Gasteiger partial charge on any atom is 0.338 e. The number of fused-ring (bicyclic) bond motifs is 1. The highest BCUT2D eigenvalue weighted by molar-refractivity contribution is 7.99. The van der Waals surface area contributed by atoms with Crippen molar-refractivity contribution in [2.45, 2.75) is 43.6 Å².